The fourth-order valence-electron chi connectivity index (χ4n) is 2.33. The molecule has 2 aromatic heterocycles. The summed E-state index contributed by atoms with van der Waals surface area (Å²) in [5, 5.41) is 7.81. The van der Waals surface area contributed by atoms with Gasteiger partial charge in [-0.2, -0.15) is 5.10 Å². The van der Waals surface area contributed by atoms with Crippen molar-refractivity contribution in [2.45, 2.75) is 19.4 Å². The summed E-state index contributed by atoms with van der Waals surface area (Å²) in [6, 6.07) is 2.29. The van der Waals surface area contributed by atoms with E-state index in [4.69, 9.17) is 4.42 Å². The van der Waals surface area contributed by atoms with E-state index in [-0.39, 0.29) is 6.04 Å². The summed E-state index contributed by atoms with van der Waals surface area (Å²) in [6.07, 6.45) is 4.68. The molecule has 0 saturated carbocycles. The summed E-state index contributed by atoms with van der Waals surface area (Å²) in [5.74, 6) is 1.10. The van der Waals surface area contributed by atoms with E-state index in [9.17, 15) is 0 Å². The highest BCUT2D eigenvalue weighted by Gasteiger charge is 2.25. The topological polar surface area (TPSA) is 43.0 Å². The van der Waals surface area contributed by atoms with Crippen LogP contribution < -0.4 is 5.32 Å². The first-order chi connectivity index (χ1) is 7.77. The first kappa shape index (κ1) is 9.66. The van der Waals surface area contributed by atoms with Crippen molar-refractivity contribution in [3.8, 4) is 0 Å². The van der Waals surface area contributed by atoms with E-state index in [0.29, 0.717) is 0 Å². The van der Waals surface area contributed by atoms with Crippen LogP contribution in [0.1, 0.15) is 28.6 Å². The molecule has 2 aromatic rings. The maximum Gasteiger partial charge on any atom is 0.110 e. The Hall–Kier alpha value is -1.55. The lowest BCUT2D eigenvalue weighted by molar-refractivity contribution is 0.455. The predicted octanol–water partition coefficient (Wildman–Crippen LogP) is 1.56. The van der Waals surface area contributed by atoms with E-state index in [1.165, 1.54) is 16.8 Å². The summed E-state index contributed by atoms with van der Waals surface area (Å²) >= 11 is 0. The Morgan fingerprint density at radius 2 is 2.38 bits per heavy atom. The fourth-order valence-corrected chi connectivity index (χ4v) is 2.33. The minimum atomic E-state index is 0.233. The van der Waals surface area contributed by atoms with Crippen molar-refractivity contribution in [2.75, 3.05) is 6.54 Å². The molecule has 84 valence electrons. The molecule has 1 unspecified atom stereocenters. The van der Waals surface area contributed by atoms with Crippen LogP contribution in [-0.4, -0.2) is 16.3 Å². The Morgan fingerprint density at radius 3 is 3.12 bits per heavy atom. The third kappa shape index (κ3) is 1.30. The molecule has 1 aliphatic heterocycles. The van der Waals surface area contributed by atoms with Gasteiger partial charge >= 0.3 is 0 Å². The number of aryl methyl sites for hydroxylation is 1. The van der Waals surface area contributed by atoms with Gasteiger partial charge in [0.1, 0.15) is 5.76 Å². The van der Waals surface area contributed by atoms with Crippen LogP contribution in [0.25, 0.3) is 0 Å². The maximum atomic E-state index is 5.49. The van der Waals surface area contributed by atoms with Gasteiger partial charge < -0.3 is 9.73 Å². The van der Waals surface area contributed by atoms with E-state index in [1.54, 1.807) is 6.26 Å². The Morgan fingerprint density at radius 1 is 1.50 bits per heavy atom. The first-order valence-electron chi connectivity index (χ1n) is 5.55. The van der Waals surface area contributed by atoms with Crippen LogP contribution in [0.3, 0.4) is 0 Å². The molecule has 4 nitrogen and oxygen atoms in total. The van der Waals surface area contributed by atoms with E-state index in [0.717, 1.165) is 18.7 Å². The van der Waals surface area contributed by atoms with E-state index in [2.05, 4.69) is 23.4 Å². The zero-order valence-corrected chi connectivity index (χ0v) is 9.53. The van der Waals surface area contributed by atoms with E-state index in [1.807, 2.05) is 17.9 Å². The molecule has 0 saturated heterocycles. The standard InChI is InChI=1S/C12H15N3O/c1-8-10(7-14-15(8)2)12-9-4-6-16-11(9)3-5-13-12/h4,6-7,12-13H,3,5H2,1-2H3. The van der Waals surface area contributed by atoms with E-state index < -0.39 is 0 Å². The molecule has 0 aromatic carbocycles. The van der Waals surface area contributed by atoms with Gasteiger partial charge in [-0.05, 0) is 13.0 Å². The molecule has 3 heterocycles. The lowest BCUT2D eigenvalue weighted by Gasteiger charge is -2.23. The molecule has 1 aliphatic rings. The smallest absolute Gasteiger partial charge is 0.110 e. The number of fused-ring (bicyclic) bond motifs is 1. The molecule has 16 heavy (non-hydrogen) atoms. The van der Waals surface area contributed by atoms with Gasteiger partial charge in [0.15, 0.2) is 0 Å². The highest BCUT2D eigenvalue weighted by molar-refractivity contribution is 5.36. The summed E-state index contributed by atoms with van der Waals surface area (Å²) in [5.41, 5.74) is 3.69. The molecule has 1 atom stereocenters. The van der Waals surface area contributed by atoms with Crippen LogP contribution >= 0.6 is 0 Å². The normalized spacial score (nSPS) is 19.8. The van der Waals surface area contributed by atoms with E-state index >= 15 is 0 Å². The van der Waals surface area contributed by atoms with Gasteiger partial charge in [0.05, 0.1) is 18.5 Å². The molecule has 1 N–H and O–H groups in total. The first-order valence-corrected chi connectivity index (χ1v) is 5.55. The molecule has 0 amide bonds. The second kappa shape index (κ2) is 3.49. The zero-order chi connectivity index (χ0) is 11.1. The Bertz CT molecular complexity index is 512. The van der Waals surface area contributed by atoms with Crippen LogP contribution in [0.15, 0.2) is 22.9 Å². The van der Waals surface area contributed by atoms with Crippen LogP contribution in [-0.2, 0) is 13.5 Å². The third-order valence-electron chi connectivity index (χ3n) is 3.38. The Labute approximate surface area is 94.3 Å². The zero-order valence-electron chi connectivity index (χ0n) is 9.53. The van der Waals surface area contributed by atoms with Crippen molar-refractivity contribution < 1.29 is 4.42 Å². The van der Waals surface area contributed by atoms with Crippen molar-refractivity contribution in [3.63, 3.8) is 0 Å². The minimum absolute atomic E-state index is 0.233. The number of aromatic nitrogens is 2. The largest absolute Gasteiger partial charge is 0.469 e. The average molecular weight is 217 g/mol. The summed E-state index contributed by atoms with van der Waals surface area (Å²) in [6.45, 7) is 3.05. The van der Waals surface area contributed by atoms with Gasteiger partial charge in [-0.25, -0.2) is 0 Å². The highest BCUT2D eigenvalue weighted by atomic mass is 16.3. The number of hydrogen-bond donors (Lipinski definition) is 1. The number of rotatable bonds is 1. The van der Waals surface area contributed by atoms with Gasteiger partial charge in [-0.3, -0.25) is 4.68 Å². The molecule has 0 fully saturated rings. The summed E-state index contributed by atoms with van der Waals surface area (Å²) in [7, 11) is 1.97. The molecule has 4 heteroatoms. The van der Waals surface area contributed by atoms with Crippen LogP contribution in [0.5, 0.6) is 0 Å². The van der Waals surface area contributed by atoms with Crippen molar-refractivity contribution in [1.29, 1.82) is 0 Å². The SMILES string of the molecule is Cc1c(C2NCCc3occc32)cnn1C. The number of nitrogens with one attached hydrogen (secondary N) is 1. The van der Waals surface area contributed by atoms with Gasteiger partial charge in [0.2, 0.25) is 0 Å². The van der Waals surface area contributed by atoms with Gasteiger partial charge in [0.25, 0.3) is 0 Å². The quantitative estimate of drug-likeness (QED) is 0.788. The highest BCUT2D eigenvalue weighted by Crippen LogP contribution is 2.30. The number of nitrogens with zero attached hydrogens (tertiary/aromatic N) is 2. The second-order valence-corrected chi connectivity index (χ2v) is 4.25. The van der Waals surface area contributed by atoms with Crippen molar-refractivity contribution in [3.05, 3.63) is 41.1 Å². The van der Waals surface area contributed by atoms with Gasteiger partial charge in [-0.1, -0.05) is 0 Å². The molecular formula is C12H15N3O. The predicted molar refractivity (Wildman–Crippen MR) is 60.2 cm³/mol. The Kier molecular flexibility index (Phi) is 2.11. The van der Waals surface area contributed by atoms with Crippen molar-refractivity contribution >= 4 is 0 Å². The molecule has 0 aliphatic carbocycles. The van der Waals surface area contributed by atoms with Crippen LogP contribution in [0.4, 0.5) is 0 Å². The summed E-state index contributed by atoms with van der Waals surface area (Å²) < 4.78 is 7.40. The summed E-state index contributed by atoms with van der Waals surface area (Å²) in [4.78, 5) is 0. The number of hydrogen-bond acceptors (Lipinski definition) is 3. The van der Waals surface area contributed by atoms with Crippen LogP contribution in [0, 0.1) is 6.92 Å². The maximum absolute atomic E-state index is 5.49. The molecular weight excluding hydrogens is 202 g/mol. The fraction of sp³-hybridized carbons (Fsp3) is 0.417. The molecule has 0 spiro atoms. The van der Waals surface area contributed by atoms with Crippen LogP contribution in [0.2, 0.25) is 0 Å². The lowest BCUT2D eigenvalue weighted by atomic mass is 9.95. The molecule has 0 bridgehead atoms. The third-order valence-corrected chi connectivity index (χ3v) is 3.38. The monoisotopic (exact) mass is 217 g/mol. The average Bonchev–Trinajstić information content (AvgIpc) is 2.87. The lowest BCUT2D eigenvalue weighted by Crippen LogP contribution is -2.29. The van der Waals surface area contributed by atoms with Gasteiger partial charge in [-0.15, -0.1) is 0 Å². The minimum Gasteiger partial charge on any atom is -0.469 e. The number of furan rings is 1. The van der Waals surface area contributed by atoms with Crippen molar-refractivity contribution in [2.24, 2.45) is 7.05 Å². The van der Waals surface area contributed by atoms with Crippen molar-refractivity contribution in [1.82, 2.24) is 15.1 Å². The Balaban J connectivity index is 2.07. The second-order valence-electron chi connectivity index (χ2n) is 4.25. The van der Waals surface area contributed by atoms with Gasteiger partial charge in [0, 0.05) is 36.8 Å². The molecule has 0 radical (unpaired) electrons. The molecule has 3 rings (SSSR count).